The summed E-state index contributed by atoms with van der Waals surface area (Å²) in [5.74, 6) is -0.0735. The Hall–Kier alpha value is -2.41. The molecule has 0 unspecified atom stereocenters. The Balaban J connectivity index is 1.43. The number of imide groups is 1. The second-order valence-electron chi connectivity index (χ2n) is 8.15. The molecule has 2 aliphatic heterocycles. The van der Waals surface area contributed by atoms with Crippen LogP contribution in [-0.2, 0) is 4.74 Å². The Morgan fingerprint density at radius 1 is 1.15 bits per heavy atom. The van der Waals surface area contributed by atoms with Crippen LogP contribution in [0.25, 0.3) is 0 Å². The summed E-state index contributed by atoms with van der Waals surface area (Å²) in [5, 5.41) is 2.82. The number of benzene rings is 1. The van der Waals surface area contributed by atoms with Gasteiger partial charge < -0.3 is 15.0 Å². The third-order valence-electron chi connectivity index (χ3n) is 4.82. The molecule has 146 valence electrons. The van der Waals surface area contributed by atoms with Gasteiger partial charge >= 0.3 is 6.09 Å². The van der Waals surface area contributed by atoms with Gasteiger partial charge in [-0.05, 0) is 51.8 Å². The molecule has 0 radical (unpaired) electrons. The van der Waals surface area contributed by atoms with Gasteiger partial charge in [0.25, 0.3) is 11.8 Å². The van der Waals surface area contributed by atoms with E-state index in [2.05, 4.69) is 10.2 Å². The van der Waals surface area contributed by atoms with Crippen molar-refractivity contribution in [3.8, 4) is 0 Å². The molecule has 1 N–H and O–H groups in total. The van der Waals surface area contributed by atoms with Crippen LogP contribution in [0.4, 0.5) is 4.79 Å². The smallest absolute Gasteiger partial charge is 0.407 e. The monoisotopic (exact) mass is 373 g/mol. The predicted octanol–water partition coefficient (Wildman–Crippen LogP) is 2.13. The van der Waals surface area contributed by atoms with Crippen molar-refractivity contribution in [1.29, 1.82) is 0 Å². The van der Waals surface area contributed by atoms with Crippen LogP contribution < -0.4 is 5.32 Å². The molecule has 3 rings (SSSR count). The summed E-state index contributed by atoms with van der Waals surface area (Å²) < 4.78 is 5.25. The Morgan fingerprint density at radius 2 is 1.78 bits per heavy atom. The van der Waals surface area contributed by atoms with E-state index in [0.29, 0.717) is 36.7 Å². The van der Waals surface area contributed by atoms with Gasteiger partial charge in [-0.3, -0.25) is 14.5 Å². The van der Waals surface area contributed by atoms with Crippen molar-refractivity contribution in [3.63, 3.8) is 0 Å². The van der Waals surface area contributed by atoms with Crippen LogP contribution in [0.1, 0.15) is 47.9 Å². The predicted molar refractivity (Wildman–Crippen MR) is 101 cm³/mol. The third-order valence-corrected chi connectivity index (χ3v) is 4.82. The molecule has 2 heterocycles. The molecule has 1 aromatic rings. The van der Waals surface area contributed by atoms with E-state index in [0.717, 1.165) is 19.5 Å². The quantitative estimate of drug-likeness (QED) is 0.800. The first-order chi connectivity index (χ1) is 12.7. The molecule has 7 nitrogen and oxygen atoms in total. The van der Waals surface area contributed by atoms with Gasteiger partial charge in [0.1, 0.15) is 5.60 Å². The number of nitrogens with one attached hydrogen (secondary N) is 1. The zero-order valence-corrected chi connectivity index (χ0v) is 16.2. The number of carbonyl (C=O) groups is 3. The SMILES string of the molecule is CC(C)(C)OC(=O)NC[C@H]1CCN(CCN2C(=O)c3ccccc3C2=O)C1. The number of ether oxygens (including phenoxy) is 1. The molecule has 0 saturated carbocycles. The number of alkyl carbamates (subject to hydrolysis) is 1. The maximum absolute atomic E-state index is 12.4. The molecule has 1 aromatic carbocycles. The van der Waals surface area contributed by atoms with E-state index >= 15 is 0 Å². The summed E-state index contributed by atoms with van der Waals surface area (Å²) >= 11 is 0. The summed E-state index contributed by atoms with van der Waals surface area (Å²) in [6.45, 7) is 8.84. The number of amides is 3. The van der Waals surface area contributed by atoms with E-state index in [4.69, 9.17) is 4.74 Å². The maximum Gasteiger partial charge on any atom is 0.407 e. The first kappa shape index (κ1) is 19.4. The van der Waals surface area contributed by atoms with E-state index in [1.807, 2.05) is 20.8 Å². The fourth-order valence-electron chi connectivity index (χ4n) is 3.51. The molecule has 0 aromatic heterocycles. The highest BCUT2D eigenvalue weighted by atomic mass is 16.6. The van der Waals surface area contributed by atoms with Crippen molar-refractivity contribution in [3.05, 3.63) is 35.4 Å². The lowest BCUT2D eigenvalue weighted by molar-refractivity contribution is 0.0517. The van der Waals surface area contributed by atoms with Crippen LogP contribution >= 0.6 is 0 Å². The van der Waals surface area contributed by atoms with Crippen LogP contribution in [-0.4, -0.2) is 66.0 Å². The summed E-state index contributed by atoms with van der Waals surface area (Å²) in [6, 6.07) is 6.94. The number of likely N-dealkylation sites (tertiary alicyclic amines) is 1. The minimum atomic E-state index is -0.502. The minimum absolute atomic E-state index is 0.210. The summed E-state index contributed by atoms with van der Waals surface area (Å²) in [5.41, 5.74) is 0.477. The molecule has 7 heteroatoms. The van der Waals surface area contributed by atoms with Gasteiger partial charge in [0.15, 0.2) is 0 Å². The highest BCUT2D eigenvalue weighted by molar-refractivity contribution is 6.21. The van der Waals surface area contributed by atoms with Crippen molar-refractivity contribution in [2.45, 2.75) is 32.8 Å². The average molecular weight is 373 g/mol. The molecular weight excluding hydrogens is 346 g/mol. The molecular formula is C20H27N3O4. The van der Waals surface area contributed by atoms with Crippen molar-refractivity contribution < 1.29 is 19.1 Å². The zero-order chi connectivity index (χ0) is 19.6. The fourth-order valence-corrected chi connectivity index (χ4v) is 3.51. The number of nitrogens with zero attached hydrogens (tertiary/aromatic N) is 2. The molecule has 0 bridgehead atoms. The van der Waals surface area contributed by atoms with Crippen LogP contribution in [0, 0.1) is 5.92 Å². The summed E-state index contributed by atoms with van der Waals surface area (Å²) in [6.07, 6.45) is 0.574. The Kier molecular flexibility index (Phi) is 5.51. The Labute approximate surface area is 159 Å². The second-order valence-corrected chi connectivity index (χ2v) is 8.15. The van der Waals surface area contributed by atoms with Gasteiger partial charge in [0.2, 0.25) is 0 Å². The van der Waals surface area contributed by atoms with Crippen molar-refractivity contribution in [2.24, 2.45) is 5.92 Å². The van der Waals surface area contributed by atoms with Gasteiger partial charge in [-0.1, -0.05) is 12.1 Å². The van der Waals surface area contributed by atoms with Crippen molar-refractivity contribution >= 4 is 17.9 Å². The largest absolute Gasteiger partial charge is 0.444 e. The summed E-state index contributed by atoms with van der Waals surface area (Å²) in [7, 11) is 0. The van der Waals surface area contributed by atoms with Gasteiger partial charge in [0.05, 0.1) is 11.1 Å². The Bertz CT molecular complexity index is 706. The van der Waals surface area contributed by atoms with E-state index in [9.17, 15) is 14.4 Å². The highest BCUT2D eigenvalue weighted by Crippen LogP contribution is 2.23. The normalized spacial score (nSPS) is 20.1. The lowest BCUT2D eigenvalue weighted by atomic mass is 10.1. The van der Waals surface area contributed by atoms with Gasteiger partial charge in [-0.2, -0.15) is 0 Å². The molecule has 1 saturated heterocycles. The molecule has 0 spiro atoms. The number of carbonyl (C=O) groups excluding carboxylic acids is 3. The number of hydrogen-bond acceptors (Lipinski definition) is 5. The van der Waals surface area contributed by atoms with Crippen molar-refractivity contribution in [2.75, 3.05) is 32.7 Å². The number of hydrogen-bond donors (Lipinski definition) is 1. The fraction of sp³-hybridized carbons (Fsp3) is 0.550. The lowest BCUT2D eigenvalue weighted by Crippen LogP contribution is -2.38. The maximum atomic E-state index is 12.4. The van der Waals surface area contributed by atoms with E-state index < -0.39 is 11.7 Å². The van der Waals surface area contributed by atoms with E-state index in [1.165, 1.54) is 4.90 Å². The minimum Gasteiger partial charge on any atom is -0.444 e. The standard InChI is InChI=1S/C20H27N3O4/c1-20(2,3)27-19(26)21-12-14-8-9-22(13-14)10-11-23-17(24)15-6-4-5-7-16(15)18(23)25/h4-7,14H,8-13H2,1-3H3,(H,21,26)/t14-/m1/s1. The molecule has 1 atom stereocenters. The van der Waals surface area contributed by atoms with Gasteiger partial charge in [-0.25, -0.2) is 4.79 Å². The molecule has 3 amide bonds. The highest BCUT2D eigenvalue weighted by Gasteiger charge is 2.35. The summed E-state index contributed by atoms with van der Waals surface area (Å²) in [4.78, 5) is 40.1. The number of fused-ring (bicyclic) bond motifs is 1. The lowest BCUT2D eigenvalue weighted by Gasteiger charge is -2.21. The Morgan fingerprint density at radius 3 is 2.37 bits per heavy atom. The number of rotatable bonds is 5. The van der Waals surface area contributed by atoms with Gasteiger partial charge in [-0.15, -0.1) is 0 Å². The average Bonchev–Trinajstić information content (AvgIpc) is 3.14. The third kappa shape index (κ3) is 4.66. The van der Waals surface area contributed by atoms with Crippen molar-refractivity contribution in [1.82, 2.24) is 15.1 Å². The molecule has 0 aliphatic carbocycles. The molecule has 2 aliphatic rings. The molecule has 27 heavy (non-hydrogen) atoms. The first-order valence-corrected chi connectivity index (χ1v) is 9.39. The second kappa shape index (κ2) is 7.68. The van der Waals surface area contributed by atoms with E-state index in [-0.39, 0.29) is 11.8 Å². The van der Waals surface area contributed by atoms with Crippen LogP contribution in [0.15, 0.2) is 24.3 Å². The van der Waals surface area contributed by atoms with Gasteiger partial charge in [0, 0.05) is 26.2 Å². The first-order valence-electron chi connectivity index (χ1n) is 9.39. The zero-order valence-electron chi connectivity index (χ0n) is 16.2. The van der Waals surface area contributed by atoms with Crippen LogP contribution in [0.3, 0.4) is 0 Å². The van der Waals surface area contributed by atoms with E-state index in [1.54, 1.807) is 24.3 Å². The topological polar surface area (TPSA) is 79.0 Å². The molecule has 1 fully saturated rings. The van der Waals surface area contributed by atoms with Crippen LogP contribution in [0.2, 0.25) is 0 Å². The van der Waals surface area contributed by atoms with Crippen LogP contribution in [0.5, 0.6) is 0 Å².